The molecule has 22 heavy (non-hydrogen) atoms. The van der Waals surface area contributed by atoms with Crippen LogP contribution in [0.4, 0.5) is 0 Å². The van der Waals surface area contributed by atoms with E-state index in [1.807, 2.05) is 0 Å². The van der Waals surface area contributed by atoms with E-state index in [2.05, 4.69) is 80.3 Å². The van der Waals surface area contributed by atoms with Crippen LogP contribution in [0.25, 0.3) is 0 Å². The largest absolute Gasteiger partial charge is 0.492 e. The van der Waals surface area contributed by atoms with Gasteiger partial charge >= 0.3 is 0 Å². The molecule has 1 atom stereocenters. The summed E-state index contributed by atoms with van der Waals surface area (Å²) < 4.78 is 5.84. The molecule has 0 aromatic heterocycles. The summed E-state index contributed by atoms with van der Waals surface area (Å²) in [6, 6.07) is 19.1. The van der Waals surface area contributed by atoms with E-state index in [1.54, 1.807) is 0 Å². The van der Waals surface area contributed by atoms with E-state index in [9.17, 15) is 0 Å². The number of ether oxygens (including phenoxy) is 1. The smallest absolute Gasteiger partial charge is 0.119 e. The average Bonchev–Trinajstić information content (AvgIpc) is 2.59. The Kier molecular flexibility index (Phi) is 6.47. The molecule has 2 aromatic carbocycles. The molecular weight excluding hydrogens is 270 g/mol. The molecule has 0 fully saturated rings. The van der Waals surface area contributed by atoms with Crippen LogP contribution in [0.3, 0.4) is 0 Å². The van der Waals surface area contributed by atoms with Crippen LogP contribution in [-0.2, 0) is 0 Å². The Bertz CT molecular complexity index is 531. The van der Waals surface area contributed by atoms with Gasteiger partial charge in [-0.1, -0.05) is 63.2 Å². The number of likely N-dealkylation sites (N-methyl/N-ethyl adjacent to an activating group) is 1. The molecule has 0 N–H and O–H groups in total. The third-order valence-corrected chi connectivity index (χ3v) is 4.25. The zero-order valence-corrected chi connectivity index (χ0v) is 14.0. The van der Waals surface area contributed by atoms with Crippen LogP contribution in [0.2, 0.25) is 0 Å². The van der Waals surface area contributed by atoms with Gasteiger partial charge in [0, 0.05) is 12.5 Å². The molecule has 2 aromatic rings. The molecule has 0 aliphatic rings. The molecule has 0 amide bonds. The monoisotopic (exact) mass is 297 g/mol. The lowest BCUT2D eigenvalue weighted by Gasteiger charge is -2.18. The van der Waals surface area contributed by atoms with E-state index in [4.69, 9.17) is 4.74 Å². The van der Waals surface area contributed by atoms with Crippen molar-refractivity contribution < 1.29 is 4.74 Å². The zero-order valence-electron chi connectivity index (χ0n) is 14.0. The Morgan fingerprint density at radius 3 is 2.05 bits per heavy atom. The summed E-state index contributed by atoms with van der Waals surface area (Å²) in [5, 5.41) is 0. The minimum Gasteiger partial charge on any atom is -0.492 e. The van der Waals surface area contributed by atoms with E-state index in [-0.39, 0.29) is 0 Å². The van der Waals surface area contributed by atoms with Crippen molar-refractivity contribution >= 4 is 0 Å². The maximum Gasteiger partial charge on any atom is 0.119 e. The van der Waals surface area contributed by atoms with Crippen molar-refractivity contribution in [2.75, 3.05) is 26.2 Å². The average molecular weight is 297 g/mol. The quantitative estimate of drug-likeness (QED) is 0.708. The number of nitrogens with zero attached hydrogens (tertiary/aromatic N) is 1. The minimum atomic E-state index is 0.408. The highest BCUT2D eigenvalue weighted by molar-refractivity contribution is 5.35. The fourth-order valence-corrected chi connectivity index (χ4v) is 2.62. The third-order valence-electron chi connectivity index (χ3n) is 4.25. The van der Waals surface area contributed by atoms with Crippen LogP contribution < -0.4 is 4.74 Å². The molecular formula is C20H27NO. The van der Waals surface area contributed by atoms with Crippen LogP contribution in [0, 0.1) is 0 Å². The highest BCUT2D eigenvalue weighted by Crippen LogP contribution is 2.25. The maximum absolute atomic E-state index is 5.84. The Balaban J connectivity index is 1.90. The van der Waals surface area contributed by atoms with Crippen LogP contribution in [-0.4, -0.2) is 31.1 Å². The Morgan fingerprint density at radius 1 is 0.864 bits per heavy atom. The number of benzene rings is 2. The van der Waals surface area contributed by atoms with Crippen molar-refractivity contribution in [2.45, 2.75) is 26.7 Å². The van der Waals surface area contributed by atoms with Crippen molar-refractivity contribution in [3.63, 3.8) is 0 Å². The van der Waals surface area contributed by atoms with E-state index in [0.29, 0.717) is 5.92 Å². The lowest BCUT2D eigenvalue weighted by Crippen LogP contribution is -2.27. The summed E-state index contributed by atoms with van der Waals surface area (Å²) in [7, 11) is 0. The van der Waals surface area contributed by atoms with Crippen molar-refractivity contribution in [1.82, 2.24) is 4.90 Å². The second-order valence-electron chi connectivity index (χ2n) is 5.58. The van der Waals surface area contributed by atoms with Gasteiger partial charge in [0.15, 0.2) is 0 Å². The lowest BCUT2D eigenvalue weighted by atomic mass is 9.93. The van der Waals surface area contributed by atoms with Crippen molar-refractivity contribution in [3.8, 4) is 5.75 Å². The van der Waals surface area contributed by atoms with E-state index < -0.39 is 0 Å². The summed E-state index contributed by atoms with van der Waals surface area (Å²) in [5.74, 6) is 1.36. The first-order chi connectivity index (χ1) is 10.7. The molecule has 0 heterocycles. The lowest BCUT2D eigenvalue weighted by molar-refractivity contribution is 0.223. The van der Waals surface area contributed by atoms with E-state index in [1.165, 1.54) is 11.1 Å². The van der Waals surface area contributed by atoms with Gasteiger partial charge in [-0.25, -0.2) is 0 Å². The maximum atomic E-state index is 5.84. The van der Waals surface area contributed by atoms with Gasteiger partial charge in [-0.05, 0) is 36.3 Å². The molecule has 0 aliphatic heterocycles. The summed E-state index contributed by atoms with van der Waals surface area (Å²) in [4.78, 5) is 2.37. The fraction of sp³-hybridized carbons (Fsp3) is 0.400. The summed E-state index contributed by atoms with van der Waals surface area (Å²) in [6.07, 6.45) is 0. The topological polar surface area (TPSA) is 12.5 Å². The molecule has 2 heteroatoms. The van der Waals surface area contributed by atoms with Gasteiger partial charge in [0.1, 0.15) is 12.4 Å². The Morgan fingerprint density at radius 2 is 1.45 bits per heavy atom. The molecule has 1 unspecified atom stereocenters. The number of hydrogen-bond acceptors (Lipinski definition) is 2. The molecule has 0 bridgehead atoms. The zero-order chi connectivity index (χ0) is 15.8. The highest BCUT2D eigenvalue weighted by atomic mass is 16.5. The Labute approximate surface area is 134 Å². The van der Waals surface area contributed by atoms with Crippen molar-refractivity contribution in [3.05, 3.63) is 65.7 Å². The van der Waals surface area contributed by atoms with E-state index in [0.717, 1.165) is 32.0 Å². The number of hydrogen-bond donors (Lipinski definition) is 0. The first kappa shape index (κ1) is 16.6. The SMILES string of the molecule is CCN(CC)CCOc1ccc(C(C)c2ccccc2)cc1. The number of rotatable bonds is 8. The second-order valence-corrected chi connectivity index (χ2v) is 5.58. The Hall–Kier alpha value is -1.80. The van der Waals surface area contributed by atoms with Crippen LogP contribution in [0.1, 0.15) is 37.8 Å². The van der Waals surface area contributed by atoms with Gasteiger partial charge in [0.25, 0.3) is 0 Å². The summed E-state index contributed by atoms with van der Waals surface area (Å²) in [5.41, 5.74) is 2.67. The third kappa shape index (κ3) is 4.60. The minimum absolute atomic E-state index is 0.408. The van der Waals surface area contributed by atoms with Gasteiger partial charge < -0.3 is 9.64 Å². The first-order valence-electron chi connectivity index (χ1n) is 8.24. The van der Waals surface area contributed by atoms with Crippen molar-refractivity contribution in [2.24, 2.45) is 0 Å². The summed E-state index contributed by atoms with van der Waals surface area (Å²) in [6.45, 7) is 10.5. The molecule has 0 radical (unpaired) electrons. The van der Waals surface area contributed by atoms with Gasteiger partial charge in [-0.15, -0.1) is 0 Å². The highest BCUT2D eigenvalue weighted by Gasteiger charge is 2.08. The molecule has 0 saturated carbocycles. The van der Waals surface area contributed by atoms with Gasteiger partial charge in [0.05, 0.1) is 0 Å². The standard InChI is InChI=1S/C20H27NO/c1-4-21(5-2)15-16-22-20-13-11-19(12-14-20)17(3)18-9-7-6-8-10-18/h6-14,17H,4-5,15-16H2,1-3H3. The molecule has 0 spiro atoms. The molecule has 2 rings (SSSR count). The normalized spacial score (nSPS) is 12.4. The van der Waals surface area contributed by atoms with Crippen molar-refractivity contribution in [1.29, 1.82) is 0 Å². The van der Waals surface area contributed by atoms with Gasteiger partial charge in [-0.3, -0.25) is 0 Å². The van der Waals surface area contributed by atoms with Crippen LogP contribution >= 0.6 is 0 Å². The fourth-order valence-electron chi connectivity index (χ4n) is 2.62. The predicted molar refractivity (Wildman–Crippen MR) is 93.7 cm³/mol. The van der Waals surface area contributed by atoms with Crippen LogP contribution in [0.15, 0.2) is 54.6 Å². The summed E-state index contributed by atoms with van der Waals surface area (Å²) >= 11 is 0. The molecule has 2 nitrogen and oxygen atoms in total. The van der Waals surface area contributed by atoms with E-state index >= 15 is 0 Å². The predicted octanol–water partition coefficient (Wildman–Crippen LogP) is 4.56. The molecule has 0 aliphatic carbocycles. The molecule has 0 saturated heterocycles. The molecule has 118 valence electrons. The first-order valence-corrected chi connectivity index (χ1v) is 8.24. The van der Waals surface area contributed by atoms with Crippen LogP contribution in [0.5, 0.6) is 5.75 Å². The second kappa shape index (κ2) is 8.60. The van der Waals surface area contributed by atoms with Gasteiger partial charge in [0.2, 0.25) is 0 Å². The van der Waals surface area contributed by atoms with Gasteiger partial charge in [-0.2, -0.15) is 0 Å².